The molecular weight excluding hydrogens is 315 g/mol. The molecule has 7 heteroatoms. The SMILES string of the molecule is Nc1ccc(C(F)(F)F)cc1C(O)C(O)CCBr. The van der Waals surface area contributed by atoms with Gasteiger partial charge in [-0.05, 0) is 24.6 Å². The number of anilines is 1. The van der Waals surface area contributed by atoms with Gasteiger partial charge in [-0.25, -0.2) is 0 Å². The molecule has 0 aliphatic rings. The van der Waals surface area contributed by atoms with Crippen LogP contribution in [0, 0.1) is 0 Å². The highest BCUT2D eigenvalue weighted by Gasteiger charge is 2.32. The quantitative estimate of drug-likeness (QED) is 0.588. The van der Waals surface area contributed by atoms with Gasteiger partial charge < -0.3 is 15.9 Å². The van der Waals surface area contributed by atoms with Crippen LogP contribution in [0.3, 0.4) is 0 Å². The van der Waals surface area contributed by atoms with Crippen LogP contribution in [-0.2, 0) is 6.18 Å². The lowest BCUT2D eigenvalue weighted by Gasteiger charge is -2.20. The lowest BCUT2D eigenvalue weighted by Crippen LogP contribution is -2.20. The molecule has 1 aromatic carbocycles. The second-order valence-electron chi connectivity index (χ2n) is 3.83. The van der Waals surface area contributed by atoms with Crippen LogP contribution in [0.25, 0.3) is 0 Å². The third-order valence-corrected chi connectivity index (χ3v) is 2.96. The van der Waals surface area contributed by atoms with Crippen LogP contribution in [0.4, 0.5) is 18.9 Å². The summed E-state index contributed by atoms with van der Waals surface area (Å²) in [5, 5.41) is 19.8. The topological polar surface area (TPSA) is 66.5 Å². The van der Waals surface area contributed by atoms with Gasteiger partial charge in [0.2, 0.25) is 0 Å². The van der Waals surface area contributed by atoms with Crippen molar-refractivity contribution in [3.63, 3.8) is 0 Å². The van der Waals surface area contributed by atoms with E-state index in [0.29, 0.717) is 5.33 Å². The van der Waals surface area contributed by atoms with Crippen molar-refractivity contribution in [1.29, 1.82) is 0 Å². The maximum absolute atomic E-state index is 12.5. The van der Waals surface area contributed by atoms with Crippen LogP contribution in [0.1, 0.15) is 23.7 Å². The zero-order valence-corrected chi connectivity index (χ0v) is 10.9. The van der Waals surface area contributed by atoms with Crippen molar-refractivity contribution in [3.8, 4) is 0 Å². The molecule has 0 fully saturated rings. The van der Waals surface area contributed by atoms with Crippen molar-refractivity contribution in [1.82, 2.24) is 0 Å². The molecule has 0 heterocycles. The fraction of sp³-hybridized carbons (Fsp3) is 0.455. The predicted octanol–water partition coefficient (Wildman–Crippen LogP) is 2.47. The molecule has 0 aliphatic carbocycles. The maximum Gasteiger partial charge on any atom is 0.416 e. The van der Waals surface area contributed by atoms with Crippen LogP contribution < -0.4 is 5.73 Å². The van der Waals surface area contributed by atoms with E-state index in [1.165, 1.54) is 0 Å². The molecule has 0 amide bonds. The molecule has 1 aromatic rings. The fourth-order valence-corrected chi connectivity index (χ4v) is 1.95. The maximum atomic E-state index is 12.5. The summed E-state index contributed by atoms with van der Waals surface area (Å²) >= 11 is 3.07. The van der Waals surface area contributed by atoms with Crippen LogP contribution in [0.2, 0.25) is 0 Å². The lowest BCUT2D eigenvalue weighted by molar-refractivity contribution is -0.137. The van der Waals surface area contributed by atoms with Gasteiger partial charge in [0.15, 0.2) is 0 Å². The Labute approximate surface area is 111 Å². The molecule has 0 radical (unpaired) electrons. The molecule has 2 atom stereocenters. The van der Waals surface area contributed by atoms with Gasteiger partial charge >= 0.3 is 6.18 Å². The molecule has 4 N–H and O–H groups in total. The Morgan fingerprint density at radius 2 is 1.89 bits per heavy atom. The van der Waals surface area contributed by atoms with Crippen LogP contribution in [0.15, 0.2) is 18.2 Å². The van der Waals surface area contributed by atoms with E-state index in [2.05, 4.69) is 15.9 Å². The summed E-state index contributed by atoms with van der Waals surface area (Å²) < 4.78 is 37.6. The highest BCUT2D eigenvalue weighted by atomic mass is 79.9. The number of hydrogen-bond donors (Lipinski definition) is 3. The van der Waals surface area contributed by atoms with Gasteiger partial charge in [0.25, 0.3) is 0 Å². The Kier molecular flexibility index (Phi) is 5.01. The first-order valence-corrected chi connectivity index (χ1v) is 6.28. The van der Waals surface area contributed by atoms with E-state index in [1.807, 2.05) is 0 Å². The van der Waals surface area contributed by atoms with Crippen LogP contribution in [-0.4, -0.2) is 21.6 Å². The average molecular weight is 328 g/mol. The number of aliphatic hydroxyl groups is 2. The summed E-state index contributed by atoms with van der Waals surface area (Å²) in [6, 6.07) is 2.67. The molecular formula is C11H13BrF3NO2. The lowest BCUT2D eigenvalue weighted by atomic mass is 9.98. The van der Waals surface area contributed by atoms with Gasteiger partial charge in [-0.1, -0.05) is 15.9 Å². The highest BCUT2D eigenvalue weighted by Crippen LogP contribution is 2.34. The summed E-state index contributed by atoms with van der Waals surface area (Å²) in [5.74, 6) is 0. The molecule has 2 unspecified atom stereocenters. The summed E-state index contributed by atoms with van der Waals surface area (Å²) in [7, 11) is 0. The van der Waals surface area contributed by atoms with Gasteiger partial charge in [0.1, 0.15) is 6.10 Å². The Bertz CT molecular complexity index is 412. The van der Waals surface area contributed by atoms with E-state index in [0.717, 1.165) is 18.2 Å². The number of nitrogens with two attached hydrogens (primary N) is 1. The van der Waals surface area contributed by atoms with Gasteiger partial charge in [-0.15, -0.1) is 0 Å². The molecule has 18 heavy (non-hydrogen) atoms. The van der Waals surface area contributed by atoms with Crippen molar-refractivity contribution < 1.29 is 23.4 Å². The summed E-state index contributed by atoms with van der Waals surface area (Å²) in [5.41, 5.74) is 4.52. The van der Waals surface area contributed by atoms with Gasteiger partial charge in [0.05, 0.1) is 11.7 Å². The van der Waals surface area contributed by atoms with Crippen molar-refractivity contribution in [2.24, 2.45) is 0 Å². The minimum Gasteiger partial charge on any atom is -0.398 e. The van der Waals surface area contributed by atoms with E-state index in [-0.39, 0.29) is 17.7 Å². The molecule has 0 spiro atoms. The first-order chi connectivity index (χ1) is 8.27. The number of alkyl halides is 4. The molecule has 0 saturated carbocycles. The van der Waals surface area contributed by atoms with Crippen molar-refractivity contribution in [3.05, 3.63) is 29.3 Å². The van der Waals surface area contributed by atoms with Gasteiger partial charge in [-0.2, -0.15) is 13.2 Å². The zero-order chi connectivity index (χ0) is 13.9. The normalized spacial score (nSPS) is 15.4. The molecule has 0 saturated heterocycles. The first kappa shape index (κ1) is 15.3. The Balaban J connectivity index is 3.08. The number of aliphatic hydroxyl groups excluding tert-OH is 2. The average Bonchev–Trinajstić information content (AvgIpc) is 2.27. The van der Waals surface area contributed by atoms with Crippen molar-refractivity contribution in [2.75, 3.05) is 11.1 Å². The standard InChI is InChI=1S/C11H13BrF3NO2/c12-4-3-9(17)10(18)7-5-6(11(13,14)15)1-2-8(7)16/h1-2,5,9-10,17-18H,3-4,16H2. The smallest absolute Gasteiger partial charge is 0.398 e. The van der Waals surface area contributed by atoms with Gasteiger partial charge in [-0.3, -0.25) is 0 Å². The van der Waals surface area contributed by atoms with E-state index in [9.17, 15) is 23.4 Å². The third kappa shape index (κ3) is 3.60. The van der Waals surface area contributed by atoms with E-state index < -0.39 is 23.9 Å². The minimum absolute atomic E-state index is 0.0177. The number of hydrogen-bond acceptors (Lipinski definition) is 3. The van der Waals surface area contributed by atoms with Crippen LogP contribution >= 0.6 is 15.9 Å². The monoisotopic (exact) mass is 327 g/mol. The largest absolute Gasteiger partial charge is 0.416 e. The summed E-state index contributed by atoms with van der Waals surface area (Å²) in [4.78, 5) is 0. The fourth-order valence-electron chi connectivity index (χ4n) is 1.48. The van der Waals surface area contributed by atoms with E-state index in [4.69, 9.17) is 5.73 Å². The molecule has 0 aromatic heterocycles. The van der Waals surface area contributed by atoms with E-state index >= 15 is 0 Å². The Hall–Kier alpha value is -0.790. The number of rotatable bonds is 4. The second-order valence-corrected chi connectivity index (χ2v) is 4.62. The molecule has 0 aliphatic heterocycles. The third-order valence-electron chi connectivity index (χ3n) is 2.50. The predicted molar refractivity (Wildman–Crippen MR) is 65.2 cm³/mol. The second kappa shape index (κ2) is 5.90. The molecule has 1 rings (SSSR count). The summed E-state index contributed by atoms with van der Waals surface area (Å²) in [6.45, 7) is 0. The van der Waals surface area contributed by atoms with E-state index in [1.54, 1.807) is 0 Å². The Morgan fingerprint density at radius 1 is 1.28 bits per heavy atom. The number of nitrogen functional groups attached to an aromatic ring is 1. The molecule has 0 bridgehead atoms. The van der Waals surface area contributed by atoms with Gasteiger partial charge in [0, 0.05) is 16.6 Å². The van der Waals surface area contributed by atoms with Crippen molar-refractivity contribution in [2.45, 2.75) is 24.8 Å². The summed E-state index contributed by atoms with van der Waals surface area (Å²) in [6.07, 6.45) is -6.92. The zero-order valence-electron chi connectivity index (χ0n) is 9.28. The Morgan fingerprint density at radius 3 is 2.39 bits per heavy atom. The number of halogens is 4. The first-order valence-electron chi connectivity index (χ1n) is 5.16. The number of benzene rings is 1. The highest BCUT2D eigenvalue weighted by molar-refractivity contribution is 9.09. The van der Waals surface area contributed by atoms with Crippen molar-refractivity contribution >= 4 is 21.6 Å². The molecule has 102 valence electrons. The minimum atomic E-state index is -4.51. The van der Waals surface area contributed by atoms with Crippen LogP contribution in [0.5, 0.6) is 0 Å². The molecule has 3 nitrogen and oxygen atoms in total.